The molecule has 8 nitrogen and oxygen atoms in total. The molecule has 2 aliphatic rings. The van der Waals surface area contributed by atoms with Crippen molar-refractivity contribution in [2.24, 2.45) is 5.92 Å². The van der Waals surface area contributed by atoms with Crippen LogP contribution in [-0.4, -0.2) is 71.8 Å². The van der Waals surface area contributed by atoms with Gasteiger partial charge in [-0.15, -0.1) is 0 Å². The van der Waals surface area contributed by atoms with E-state index < -0.39 is 23.8 Å². The monoisotopic (exact) mass is 596 g/mol. The maximum absolute atomic E-state index is 14.4. The highest BCUT2D eigenvalue weighted by atomic mass is 35.5. The minimum atomic E-state index is -0.669. The predicted octanol–water partition coefficient (Wildman–Crippen LogP) is 5.56. The molecule has 3 heterocycles. The molecule has 0 bridgehead atoms. The van der Waals surface area contributed by atoms with Crippen molar-refractivity contribution < 1.29 is 27.9 Å². The quantitative estimate of drug-likeness (QED) is 0.347. The van der Waals surface area contributed by atoms with Gasteiger partial charge in [0.25, 0.3) is 0 Å². The van der Waals surface area contributed by atoms with E-state index in [1.165, 1.54) is 48.2 Å². The highest BCUT2D eigenvalue weighted by molar-refractivity contribution is 6.30. The van der Waals surface area contributed by atoms with E-state index >= 15 is 0 Å². The van der Waals surface area contributed by atoms with Crippen LogP contribution in [0, 0.1) is 17.6 Å². The molecule has 5 rings (SSSR count). The average molecular weight is 597 g/mol. The Kier molecular flexibility index (Phi) is 8.72. The van der Waals surface area contributed by atoms with Crippen molar-refractivity contribution in [3.8, 4) is 5.75 Å². The number of hydrogen-bond donors (Lipinski definition) is 0. The Labute approximate surface area is 247 Å². The highest BCUT2D eigenvalue weighted by Crippen LogP contribution is 2.35. The van der Waals surface area contributed by atoms with Crippen molar-refractivity contribution in [1.29, 1.82) is 0 Å². The van der Waals surface area contributed by atoms with Crippen LogP contribution in [0.1, 0.15) is 41.6 Å². The van der Waals surface area contributed by atoms with Gasteiger partial charge >= 0.3 is 6.09 Å². The number of carbonyl (C=O) groups is 3. The summed E-state index contributed by atoms with van der Waals surface area (Å²) in [5, 5.41) is -0.0116. The molecule has 0 spiro atoms. The second-order valence-electron chi connectivity index (χ2n) is 10.7. The molecule has 0 radical (unpaired) electrons. The van der Waals surface area contributed by atoms with Gasteiger partial charge in [0, 0.05) is 56.8 Å². The zero-order valence-electron chi connectivity index (χ0n) is 23.3. The van der Waals surface area contributed by atoms with E-state index in [2.05, 4.69) is 9.88 Å². The lowest BCUT2D eigenvalue weighted by atomic mass is 9.93. The molecular formula is C31H31ClF2N4O4. The Morgan fingerprint density at radius 1 is 1.00 bits per heavy atom. The smallest absolute Gasteiger partial charge is 0.410 e. The van der Waals surface area contributed by atoms with Crippen LogP contribution >= 0.6 is 11.6 Å². The van der Waals surface area contributed by atoms with E-state index in [4.69, 9.17) is 16.3 Å². The summed E-state index contributed by atoms with van der Waals surface area (Å²) in [7, 11) is 1.58. The number of amides is 2. The number of halogens is 3. The summed E-state index contributed by atoms with van der Waals surface area (Å²) in [6.45, 7) is 3.31. The van der Waals surface area contributed by atoms with Gasteiger partial charge in [0.15, 0.2) is 5.78 Å². The fourth-order valence-corrected chi connectivity index (χ4v) is 5.75. The Morgan fingerprint density at radius 3 is 2.33 bits per heavy atom. The minimum Gasteiger partial charge on any atom is -0.410 e. The number of hydrogen-bond acceptors (Lipinski definition) is 6. The fraction of sp³-hybridized carbons (Fsp3) is 0.355. The third-order valence-electron chi connectivity index (χ3n) is 8.10. The Balaban J connectivity index is 1.28. The van der Waals surface area contributed by atoms with Gasteiger partial charge in [-0.05, 0) is 73.9 Å². The van der Waals surface area contributed by atoms with Crippen molar-refractivity contribution in [2.45, 2.75) is 31.7 Å². The Hall–Kier alpha value is -4.05. The van der Waals surface area contributed by atoms with Crippen LogP contribution in [0.4, 0.5) is 19.4 Å². The molecule has 42 heavy (non-hydrogen) atoms. The maximum Gasteiger partial charge on any atom is 0.415 e. The van der Waals surface area contributed by atoms with Crippen molar-refractivity contribution in [3.63, 3.8) is 0 Å². The number of rotatable bonds is 6. The van der Waals surface area contributed by atoms with Crippen molar-refractivity contribution in [3.05, 3.63) is 88.6 Å². The molecule has 0 saturated carbocycles. The fourth-order valence-electron chi connectivity index (χ4n) is 5.64. The first-order chi connectivity index (χ1) is 20.1. The number of ketones is 1. The molecule has 2 saturated heterocycles. The van der Waals surface area contributed by atoms with Crippen LogP contribution in [0.25, 0.3) is 0 Å². The zero-order valence-corrected chi connectivity index (χ0v) is 24.1. The number of aromatic nitrogens is 1. The second kappa shape index (κ2) is 12.4. The Bertz CT molecular complexity index is 1460. The topological polar surface area (TPSA) is 83.1 Å². The van der Waals surface area contributed by atoms with Crippen LogP contribution in [0.15, 0.2) is 60.8 Å². The summed E-state index contributed by atoms with van der Waals surface area (Å²) < 4.78 is 33.2. The number of benzene rings is 2. The van der Waals surface area contributed by atoms with Crippen LogP contribution in [0.5, 0.6) is 5.75 Å². The first-order valence-corrected chi connectivity index (χ1v) is 14.1. The van der Waals surface area contributed by atoms with Gasteiger partial charge in [-0.25, -0.2) is 18.6 Å². The molecule has 1 aromatic heterocycles. The van der Waals surface area contributed by atoms with Gasteiger partial charge in [-0.3, -0.25) is 9.59 Å². The number of pyridine rings is 1. The standard InChI is InChI=1S/C31H31ClF2N4O4/c1-19(39)22-4-10-29(35-16-22)37-13-11-20(12-14-37)30(40)38-17-25(21-3-9-26(32)27(34)15-21)28(18-38)36(2)31(41)42-24-7-5-23(33)6-8-24/h3-10,15-16,20,25,28H,11-14,17-18H2,1-2H3/t25-,28+/m0/s1. The lowest BCUT2D eigenvalue weighted by molar-refractivity contribution is -0.135. The van der Waals surface area contributed by atoms with Crippen molar-refractivity contribution in [1.82, 2.24) is 14.8 Å². The average Bonchev–Trinajstić information content (AvgIpc) is 3.44. The molecule has 0 unspecified atom stereocenters. The molecular weight excluding hydrogens is 566 g/mol. The lowest BCUT2D eigenvalue weighted by Gasteiger charge is -2.34. The van der Waals surface area contributed by atoms with Gasteiger partial charge in [0.05, 0.1) is 11.1 Å². The third-order valence-corrected chi connectivity index (χ3v) is 8.41. The van der Waals surface area contributed by atoms with Gasteiger partial charge in [0.2, 0.25) is 5.91 Å². The van der Waals surface area contributed by atoms with Gasteiger partial charge < -0.3 is 19.4 Å². The SMILES string of the molecule is CC(=O)c1ccc(N2CCC(C(=O)N3C[C@@H](N(C)C(=O)Oc4ccc(F)cc4)[C@H](c4ccc(Cl)c(F)c4)C3)CC2)nc1. The molecule has 2 atom stereocenters. The van der Waals surface area contributed by atoms with Crippen molar-refractivity contribution >= 4 is 35.2 Å². The minimum absolute atomic E-state index is 0.0116. The van der Waals surface area contributed by atoms with E-state index in [0.29, 0.717) is 43.6 Å². The lowest BCUT2D eigenvalue weighted by Crippen LogP contribution is -2.45. The van der Waals surface area contributed by atoms with E-state index in [-0.39, 0.29) is 40.8 Å². The first-order valence-electron chi connectivity index (χ1n) is 13.8. The number of piperidine rings is 1. The maximum atomic E-state index is 14.4. The van der Waals surface area contributed by atoms with Gasteiger partial charge in [-0.2, -0.15) is 0 Å². The summed E-state index contributed by atoms with van der Waals surface area (Å²) in [5.41, 5.74) is 1.17. The molecule has 220 valence electrons. The van der Waals surface area contributed by atoms with Gasteiger partial charge in [0.1, 0.15) is 23.2 Å². The van der Waals surface area contributed by atoms with E-state index in [1.807, 2.05) is 6.07 Å². The second-order valence-corrected chi connectivity index (χ2v) is 11.2. The number of anilines is 1. The molecule has 2 amide bonds. The highest BCUT2D eigenvalue weighted by Gasteiger charge is 2.42. The molecule has 2 fully saturated rings. The molecule has 2 aliphatic heterocycles. The molecule has 11 heteroatoms. The zero-order chi connectivity index (χ0) is 30.0. The summed E-state index contributed by atoms with van der Waals surface area (Å²) in [6, 6.07) is 12.7. The number of likely N-dealkylation sites (N-methyl/N-ethyl adjacent to an activating group) is 1. The van der Waals surface area contributed by atoms with Gasteiger partial charge in [-0.1, -0.05) is 17.7 Å². The number of likely N-dealkylation sites (tertiary alicyclic amines) is 1. The Morgan fingerprint density at radius 2 is 1.71 bits per heavy atom. The van der Waals surface area contributed by atoms with Crippen LogP contribution < -0.4 is 9.64 Å². The molecule has 0 N–H and O–H groups in total. The first kappa shape index (κ1) is 29.4. The van der Waals surface area contributed by atoms with Crippen LogP contribution in [0.2, 0.25) is 5.02 Å². The number of nitrogens with zero attached hydrogens (tertiary/aromatic N) is 4. The summed E-state index contributed by atoms with van der Waals surface area (Å²) in [6.07, 6.45) is 2.14. The summed E-state index contributed by atoms with van der Waals surface area (Å²) in [5.74, 6) is -0.736. The molecule has 0 aliphatic carbocycles. The van der Waals surface area contributed by atoms with Crippen LogP contribution in [0.3, 0.4) is 0 Å². The summed E-state index contributed by atoms with van der Waals surface area (Å²) >= 11 is 5.92. The third kappa shape index (κ3) is 6.38. The number of Topliss-reactive ketones (excluding diaryl/α,β-unsaturated/α-hetero) is 1. The van der Waals surface area contributed by atoms with Crippen LogP contribution in [-0.2, 0) is 4.79 Å². The summed E-state index contributed by atoms with van der Waals surface area (Å²) in [4.78, 5) is 48.0. The number of ether oxygens (including phenoxy) is 1. The molecule has 2 aromatic carbocycles. The van der Waals surface area contributed by atoms with Crippen molar-refractivity contribution in [2.75, 3.05) is 38.1 Å². The van der Waals surface area contributed by atoms with E-state index in [0.717, 1.165) is 5.82 Å². The van der Waals surface area contributed by atoms with E-state index in [9.17, 15) is 23.2 Å². The largest absolute Gasteiger partial charge is 0.415 e. The normalized spacial score (nSPS) is 19.1. The predicted molar refractivity (Wildman–Crippen MR) is 154 cm³/mol. The number of carbonyl (C=O) groups excluding carboxylic acids is 3. The van der Waals surface area contributed by atoms with E-state index in [1.54, 1.807) is 30.3 Å². The molecule has 3 aromatic rings.